The van der Waals surface area contributed by atoms with Crippen LogP contribution in [0.15, 0.2) is 24.3 Å². The average molecular weight is 375 g/mol. The minimum atomic E-state index is -0.248. The van der Waals surface area contributed by atoms with Crippen molar-refractivity contribution in [1.29, 1.82) is 0 Å². The molecule has 0 spiro atoms. The topological polar surface area (TPSA) is 56.4 Å². The number of rotatable bonds is 3. The van der Waals surface area contributed by atoms with Gasteiger partial charge in [-0.15, -0.1) is 0 Å². The van der Waals surface area contributed by atoms with E-state index < -0.39 is 0 Å². The summed E-state index contributed by atoms with van der Waals surface area (Å²) in [7, 11) is 0. The predicted octanol–water partition coefficient (Wildman–Crippen LogP) is 2.01. The van der Waals surface area contributed by atoms with Crippen LogP contribution in [0.5, 0.6) is 0 Å². The summed E-state index contributed by atoms with van der Waals surface area (Å²) in [4.78, 5) is 15.1. The summed E-state index contributed by atoms with van der Waals surface area (Å²) in [6, 6.07) is 7.25. The Morgan fingerprint density at radius 1 is 1.30 bits per heavy atom. The largest absolute Gasteiger partial charge is 0.342 e. The SMILES string of the molecule is CC1(C(=O)N2CCC(C3NNCC3c3cccc(F)c3)CC2)CCCNC1. The molecular weight excluding hydrogens is 343 g/mol. The first kappa shape index (κ1) is 18.8. The molecule has 0 saturated carbocycles. The van der Waals surface area contributed by atoms with Crippen LogP contribution >= 0.6 is 0 Å². The van der Waals surface area contributed by atoms with Gasteiger partial charge in [0.2, 0.25) is 5.91 Å². The standard InChI is InChI=1S/C21H31FN4O/c1-21(8-3-9-23-14-21)20(27)26-10-6-15(7-11-26)19-18(13-24-25-19)16-4-2-5-17(22)12-16/h2,4-5,12,15,18-19,23-25H,3,6-11,13-14H2,1H3. The van der Waals surface area contributed by atoms with Crippen molar-refractivity contribution >= 4 is 5.91 Å². The van der Waals surface area contributed by atoms with Crippen LogP contribution in [0.1, 0.15) is 44.1 Å². The zero-order chi connectivity index (χ0) is 18.9. The molecule has 1 amide bonds. The van der Waals surface area contributed by atoms with Gasteiger partial charge in [0, 0.05) is 38.1 Å². The van der Waals surface area contributed by atoms with Gasteiger partial charge >= 0.3 is 0 Å². The number of amides is 1. The number of hydrazine groups is 1. The van der Waals surface area contributed by atoms with E-state index in [4.69, 9.17) is 0 Å². The number of benzene rings is 1. The second kappa shape index (κ2) is 7.86. The van der Waals surface area contributed by atoms with E-state index in [1.807, 2.05) is 6.07 Å². The summed E-state index contributed by atoms with van der Waals surface area (Å²) in [6.45, 7) is 6.39. The van der Waals surface area contributed by atoms with Crippen molar-refractivity contribution < 1.29 is 9.18 Å². The molecule has 3 aliphatic rings. The highest BCUT2D eigenvalue weighted by Crippen LogP contribution is 2.35. The highest BCUT2D eigenvalue weighted by Gasteiger charge is 2.41. The molecule has 0 aliphatic carbocycles. The Labute approximate surface area is 161 Å². The van der Waals surface area contributed by atoms with Crippen LogP contribution in [0, 0.1) is 17.2 Å². The second-order valence-corrected chi connectivity index (χ2v) is 8.68. The van der Waals surface area contributed by atoms with E-state index >= 15 is 0 Å². The number of hydrogen-bond donors (Lipinski definition) is 3. The molecule has 3 atom stereocenters. The number of likely N-dealkylation sites (tertiary alicyclic amines) is 1. The molecule has 3 aliphatic heterocycles. The molecule has 3 heterocycles. The Bertz CT molecular complexity index is 668. The zero-order valence-corrected chi connectivity index (χ0v) is 16.1. The molecular formula is C21H31FN4O. The van der Waals surface area contributed by atoms with E-state index in [1.54, 1.807) is 12.1 Å². The van der Waals surface area contributed by atoms with Gasteiger partial charge in [-0.2, -0.15) is 0 Å². The van der Waals surface area contributed by atoms with E-state index in [0.29, 0.717) is 11.8 Å². The lowest BCUT2D eigenvalue weighted by molar-refractivity contribution is -0.143. The average Bonchev–Trinajstić information content (AvgIpc) is 3.18. The van der Waals surface area contributed by atoms with E-state index in [1.165, 1.54) is 6.07 Å². The van der Waals surface area contributed by atoms with Gasteiger partial charge in [-0.3, -0.25) is 15.6 Å². The summed E-state index contributed by atoms with van der Waals surface area (Å²) in [6.07, 6.45) is 4.06. The van der Waals surface area contributed by atoms with Crippen LogP contribution < -0.4 is 16.2 Å². The van der Waals surface area contributed by atoms with Crippen molar-refractivity contribution in [2.75, 3.05) is 32.7 Å². The molecule has 148 valence electrons. The molecule has 27 heavy (non-hydrogen) atoms. The number of halogens is 1. The normalized spacial score (nSPS) is 32.6. The fourth-order valence-electron chi connectivity index (χ4n) is 5.11. The van der Waals surface area contributed by atoms with Crippen molar-refractivity contribution in [2.24, 2.45) is 11.3 Å². The quantitative estimate of drug-likeness (QED) is 0.758. The molecule has 5 nitrogen and oxygen atoms in total. The first-order chi connectivity index (χ1) is 13.1. The third kappa shape index (κ3) is 3.89. The van der Waals surface area contributed by atoms with Crippen LogP contribution in [0.4, 0.5) is 4.39 Å². The molecule has 3 saturated heterocycles. The summed E-state index contributed by atoms with van der Waals surface area (Å²) >= 11 is 0. The van der Waals surface area contributed by atoms with Gasteiger partial charge in [-0.25, -0.2) is 4.39 Å². The van der Waals surface area contributed by atoms with Crippen molar-refractivity contribution in [2.45, 2.75) is 44.6 Å². The molecule has 4 rings (SSSR count). The summed E-state index contributed by atoms with van der Waals surface area (Å²) in [5, 5.41) is 3.38. The van der Waals surface area contributed by atoms with Crippen molar-refractivity contribution in [3.63, 3.8) is 0 Å². The Hall–Kier alpha value is -1.50. The molecule has 1 aromatic rings. The van der Waals surface area contributed by atoms with Crippen molar-refractivity contribution in [1.82, 2.24) is 21.1 Å². The highest BCUT2D eigenvalue weighted by atomic mass is 19.1. The molecule has 6 heteroatoms. The van der Waals surface area contributed by atoms with Crippen LogP contribution in [-0.2, 0) is 4.79 Å². The van der Waals surface area contributed by atoms with Gasteiger partial charge in [0.1, 0.15) is 5.82 Å². The van der Waals surface area contributed by atoms with Gasteiger partial charge in [0.15, 0.2) is 0 Å². The third-order valence-electron chi connectivity index (χ3n) is 6.75. The van der Waals surface area contributed by atoms with Gasteiger partial charge < -0.3 is 10.2 Å². The smallest absolute Gasteiger partial charge is 0.229 e. The lowest BCUT2D eigenvalue weighted by Crippen LogP contribution is -2.53. The van der Waals surface area contributed by atoms with E-state index in [2.05, 4.69) is 28.0 Å². The van der Waals surface area contributed by atoms with E-state index in [-0.39, 0.29) is 23.2 Å². The molecule has 3 N–H and O–H groups in total. The number of piperidine rings is 2. The van der Waals surface area contributed by atoms with Gasteiger partial charge in [0.25, 0.3) is 0 Å². The van der Waals surface area contributed by atoms with Crippen LogP contribution in [0.2, 0.25) is 0 Å². The molecule has 0 bridgehead atoms. The molecule has 0 aromatic heterocycles. The Morgan fingerprint density at radius 3 is 2.81 bits per heavy atom. The van der Waals surface area contributed by atoms with E-state index in [0.717, 1.165) is 64.0 Å². The summed E-state index contributed by atoms with van der Waals surface area (Å²) in [5.74, 6) is 0.905. The summed E-state index contributed by atoms with van der Waals surface area (Å²) in [5.41, 5.74) is 7.50. The fourth-order valence-corrected chi connectivity index (χ4v) is 5.11. The van der Waals surface area contributed by atoms with Crippen molar-refractivity contribution in [3.05, 3.63) is 35.6 Å². The minimum absolute atomic E-state index is 0.173. The maximum atomic E-state index is 13.7. The number of nitrogens with one attached hydrogen (secondary N) is 3. The van der Waals surface area contributed by atoms with E-state index in [9.17, 15) is 9.18 Å². The first-order valence-electron chi connectivity index (χ1n) is 10.3. The lowest BCUT2D eigenvalue weighted by atomic mass is 9.78. The van der Waals surface area contributed by atoms with Crippen LogP contribution in [0.25, 0.3) is 0 Å². The Morgan fingerprint density at radius 2 is 2.11 bits per heavy atom. The number of carbonyl (C=O) groups excluding carboxylic acids is 1. The predicted molar refractivity (Wildman–Crippen MR) is 104 cm³/mol. The van der Waals surface area contributed by atoms with Gasteiger partial charge in [0.05, 0.1) is 5.41 Å². The van der Waals surface area contributed by atoms with Crippen LogP contribution in [-0.4, -0.2) is 49.6 Å². The van der Waals surface area contributed by atoms with Crippen molar-refractivity contribution in [3.8, 4) is 0 Å². The first-order valence-corrected chi connectivity index (χ1v) is 10.3. The van der Waals surface area contributed by atoms with Gasteiger partial charge in [-0.1, -0.05) is 12.1 Å². The highest BCUT2D eigenvalue weighted by molar-refractivity contribution is 5.82. The fraction of sp³-hybridized carbons (Fsp3) is 0.667. The van der Waals surface area contributed by atoms with Crippen LogP contribution in [0.3, 0.4) is 0 Å². The zero-order valence-electron chi connectivity index (χ0n) is 16.1. The second-order valence-electron chi connectivity index (χ2n) is 8.68. The minimum Gasteiger partial charge on any atom is -0.342 e. The molecule has 1 aromatic carbocycles. The number of nitrogens with zero attached hydrogens (tertiary/aromatic N) is 1. The molecule has 3 unspecified atom stereocenters. The molecule has 0 radical (unpaired) electrons. The number of carbonyl (C=O) groups is 1. The lowest BCUT2D eigenvalue weighted by Gasteiger charge is -2.42. The monoisotopic (exact) mass is 374 g/mol. The maximum absolute atomic E-state index is 13.7. The summed E-state index contributed by atoms with van der Waals surface area (Å²) < 4.78 is 13.7. The molecule has 3 fully saturated rings. The Balaban J connectivity index is 1.38. The van der Waals surface area contributed by atoms with Gasteiger partial charge in [-0.05, 0) is 62.8 Å². The number of hydrogen-bond acceptors (Lipinski definition) is 4. The Kier molecular flexibility index (Phi) is 5.48. The third-order valence-corrected chi connectivity index (χ3v) is 6.75. The maximum Gasteiger partial charge on any atom is 0.229 e.